The number of allylic oxidation sites excluding steroid dienone is 2. The van der Waals surface area contributed by atoms with Crippen LogP contribution in [0.15, 0.2) is 9.81 Å². The largest absolute Gasteiger partial charge is 0.123 e. The van der Waals surface area contributed by atoms with Crippen LogP contribution < -0.4 is 0 Å². The van der Waals surface area contributed by atoms with E-state index in [1.165, 1.54) is 19.3 Å². The van der Waals surface area contributed by atoms with Crippen molar-refractivity contribution in [1.29, 1.82) is 0 Å². The van der Waals surface area contributed by atoms with Gasteiger partial charge < -0.3 is 0 Å². The summed E-state index contributed by atoms with van der Waals surface area (Å²) < 4.78 is 0.687. The molecule has 0 aliphatic carbocycles. The second kappa shape index (κ2) is 6.28. The fraction of sp³-hybridized carbons (Fsp3) is 0.889. The van der Waals surface area contributed by atoms with Crippen LogP contribution in [0.5, 0.6) is 0 Å². The van der Waals surface area contributed by atoms with Gasteiger partial charge in [-0.2, -0.15) is 0 Å². The molecule has 0 bridgehead atoms. The monoisotopic (exact) mass is 314 g/mol. The van der Waals surface area contributed by atoms with Gasteiger partial charge in [-0.3, -0.25) is 0 Å². The van der Waals surface area contributed by atoms with Gasteiger partial charge in [-0.15, -0.1) is 23.5 Å². The summed E-state index contributed by atoms with van der Waals surface area (Å²) in [5.74, 6) is 0.706. The highest BCUT2D eigenvalue weighted by atomic mass is 32.2. The highest BCUT2D eigenvalue weighted by Gasteiger charge is 2.43. The van der Waals surface area contributed by atoms with Crippen molar-refractivity contribution in [2.75, 3.05) is 0 Å². The lowest BCUT2D eigenvalue weighted by Crippen LogP contribution is -2.40. The molecule has 0 spiro atoms. The van der Waals surface area contributed by atoms with Crippen LogP contribution in [0.25, 0.3) is 0 Å². The molecule has 0 saturated carbocycles. The van der Waals surface area contributed by atoms with Crippen LogP contribution in [0, 0.1) is 11.3 Å². The predicted molar refractivity (Wildman–Crippen MR) is 98.5 cm³/mol. The van der Waals surface area contributed by atoms with Crippen molar-refractivity contribution in [3.63, 3.8) is 0 Å². The minimum atomic E-state index is 0.322. The molecule has 1 aliphatic heterocycles. The summed E-state index contributed by atoms with van der Waals surface area (Å²) in [6, 6.07) is 0. The van der Waals surface area contributed by atoms with Crippen LogP contribution >= 0.6 is 23.5 Å². The maximum absolute atomic E-state index is 2.46. The molecule has 1 heterocycles. The maximum atomic E-state index is 2.46. The maximum Gasteiger partial charge on any atom is 0.0212 e. The van der Waals surface area contributed by atoms with Gasteiger partial charge in [-0.25, -0.2) is 0 Å². The summed E-state index contributed by atoms with van der Waals surface area (Å²) in [5, 5.41) is 0. The molecule has 2 atom stereocenters. The van der Waals surface area contributed by atoms with E-state index in [2.05, 4.69) is 85.8 Å². The Kier molecular flexibility index (Phi) is 5.81. The summed E-state index contributed by atoms with van der Waals surface area (Å²) in [5.41, 5.74) is 0.425. The van der Waals surface area contributed by atoms with E-state index >= 15 is 0 Å². The van der Waals surface area contributed by atoms with Crippen LogP contribution in [-0.2, 0) is 0 Å². The van der Waals surface area contributed by atoms with E-state index < -0.39 is 0 Å². The van der Waals surface area contributed by atoms with Gasteiger partial charge >= 0.3 is 0 Å². The van der Waals surface area contributed by atoms with Crippen molar-refractivity contribution in [3.05, 3.63) is 9.81 Å². The van der Waals surface area contributed by atoms with Gasteiger partial charge in [0, 0.05) is 9.49 Å². The van der Waals surface area contributed by atoms with Crippen molar-refractivity contribution in [2.45, 2.75) is 91.1 Å². The van der Waals surface area contributed by atoms with Crippen LogP contribution in [-0.4, -0.2) is 9.49 Å². The zero-order chi connectivity index (χ0) is 15.8. The lowest BCUT2D eigenvalue weighted by atomic mass is 9.83. The number of rotatable bonds is 3. The average molecular weight is 315 g/mol. The molecule has 1 rings (SSSR count). The molecule has 20 heavy (non-hydrogen) atoms. The number of hydrogen-bond donors (Lipinski definition) is 0. The Hall–Kier alpha value is 0.440. The van der Waals surface area contributed by atoms with Crippen molar-refractivity contribution in [3.8, 4) is 0 Å². The van der Waals surface area contributed by atoms with Gasteiger partial charge in [0.05, 0.1) is 0 Å². The molecule has 0 aromatic carbocycles. The molecule has 0 radical (unpaired) electrons. The van der Waals surface area contributed by atoms with Crippen molar-refractivity contribution < 1.29 is 0 Å². The minimum Gasteiger partial charge on any atom is -0.123 e. The van der Waals surface area contributed by atoms with E-state index in [1.54, 1.807) is 9.81 Å². The highest BCUT2D eigenvalue weighted by molar-refractivity contribution is 8.08. The second-order valence-electron chi connectivity index (χ2n) is 8.24. The third-order valence-electron chi connectivity index (χ3n) is 4.93. The van der Waals surface area contributed by atoms with Crippen molar-refractivity contribution >= 4 is 23.5 Å². The molecular weight excluding hydrogens is 280 g/mol. The first-order chi connectivity index (χ1) is 8.91. The first-order valence-corrected chi connectivity index (χ1v) is 9.62. The Morgan fingerprint density at radius 2 is 1.65 bits per heavy atom. The van der Waals surface area contributed by atoms with E-state index in [9.17, 15) is 0 Å². The zero-order valence-electron chi connectivity index (χ0n) is 15.0. The third kappa shape index (κ3) is 4.47. The van der Waals surface area contributed by atoms with Gasteiger partial charge in [0.2, 0.25) is 0 Å². The van der Waals surface area contributed by atoms with Crippen LogP contribution in [0.3, 0.4) is 0 Å². The van der Waals surface area contributed by atoms with Gasteiger partial charge in [0.1, 0.15) is 0 Å². The van der Waals surface area contributed by atoms with Crippen LogP contribution in [0.1, 0.15) is 81.6 Å². The lowest BCUT2D eigenvalue weighted by molar-refractivity contribution is 0.353. The van der Waals surface area contributed by atoms with E-state index in [1.807, 2.05) is 0 Å². The molecule has 0 N–H and O–H groups in total. The summed E-state index contributed by atoms with van der Waals surface area (Å²) in [4.78, 5) is 3.21. The summed E-state index contributed by atoms with van der Waals surface area (Å²) in [6.45, 7) is 21.5. The molecule has 2 unspecified atom stereocenters. The topological polar surface area (TPSA) is 0 Å². The number of thioether (sulfide) groups is 2. The molecule has 0 fully saturated rings. The average Bonchev–Trinajstić information content (AvgIpc) is 2.36. The quantitative estimate of drug-likeness (QED) is 0.544. The second-order valence-corrected chi connectivity index (χ2v) is 11.7. The molecule has 118 valence electrons. The summed E-state index contributed by atoms with van der Waals surface area (Å²) >= 11 is 4.28. The SMILES string of the molecule is CCC1(C)SC(C)=C(CCC(C)(C)C)SC(C)(C)C1C. The highest BCUT2D eigenvalue weighted by Crippen LogP contribution is 2.56. The Labute approximate surface area is 135 Å². The minimum absolute atomic E-state index is 0.322. The van der Waals surface area contributed by atoms with Crippen molar-refractivity contribution in [2.24, 2.45) is 11.3 Å². The Balaban J connectivity index is 3.03. The van der Waals surface area contributed by atoms with Crippen molar-refractivity contribution in [1.82, 2.24) is 0 Å². The standard InChI is InChI=1S/C18H34S2/c1-10-18(9)14(3)17(7,8)20-15(13(2)19-18)11-12-16(4,5)6/h14H,10-12H2,1-9H3. The van der Waals surface area contributed by atoms with E-state index in [0.717, 1.165) is 0 Å². The van der Waals surface area contributed by atoms with Gasteiger partial charge in [-0.1, -0.05) is 48.5 Å². The Morgan fingerprint density at radius 3 is 2.10 bits per heavy atom. The zero-order valence-corrected chi connectivity index (χ0v) is 16.6. The smallest absolute Gasteiger partial charge is 0.0212 e. The van der Waals surface area contributed by atoms with Gasteiger partial charge in [0.25, 0.3) is 0 Å². The molecule has 0 nitrogen and oxygen atoms in total. The molecule has 0 saturated heterocycles. The molecule has 0 aromatic heterocycles. The van der Waals surface area contributed by atoms with E-state index in [4.69, 9.17) is 0 Å². The van der Waals surface area contributed by atoms with Crippen LogP contribution in [0.2, 0.25) is 0 Å². The first-order valence-electron chi connectivity index (χ1n) is 7.99. The summed E-state index contributed by atoms with van der Waals surface area (Å²) in [7, 11) is 0. The summed E-state index contributed by atoms with van der Waals surface area (Å²) in [6.07, 6.45) is 3.76. The number of hydrogen-bond acceptors (Lipinski definition) is 2. The molecule has 0 aromatic rings. The van der Waals surface area contributed by atoms with Crippen LogP contribution in [0.4, 0.5) is 0 Å². The molecular formula is C18H34S2. The predicted octanol–water partition coefficient (Wildman–Crippen LogP) is 7.11. The van der Waals surface area contributed by atoms with E-state index in [-0.39, 0.29) is 0 Å². The fourth-order valence-corrected chi connectivity index (χ4v) is 6.08. The normalized spacial score (nSPS) is 31.4. The molecule has 1 aliphatic rings. The molecule has 0 amide bonds. The fourth-order valence-electron chi connectivity index (χ4n) is 2.80. The third-order valence-corrected chi connectivity index (χ3v) is 8.35. The van der Waals surface area contributed by atoms with Gasteiger partial charge in [-0.05, 0) is 54.3 Å². The van der Waals surface area contributed by atoms with E-state index in [0.29, 0.717) is 20.8 Å². The Morgan fingerprint density at radius 1 is 1.10 bits per heavy atom. The lowest BCUT2D eigenvalue weighted by Gasteiger charge is -2.41. The van der Waals surface area contributed by atoms with Gasteiger partial charge in [0.15, 0.2) is 0 Å². The molecule has 2 heteroatoms. The Bertz CT molecular complexity index is 373. The first kappa shape index (κ1) is 18.5.